The molecule has 0 saturated heterocycles. The predicted molar refractivity (Wildman–Crippen MR) is 131 cm³/mol. The monoisotopic (exact) mass is 473 g/mol. The van der Waals surface area contributed by atoms with Gasteiger partial charge < -0.3 is 14.6 Å². The zero-order valence-electron chi connectivity index (χ0n) is 19.7. The minimum atomic E-state index is -0.278. The van der Waals surface area contributed by atoms with E-state index in [1.165, 1.54) is 28.7 Å². The highest BCUT2D eigenvalue weighted by atomic mass is 32.2. The molecule has 3 rings (SSSR count). The second-order valence-corrected chi connectivity index (χ2v) is 10.4. The van der Waals surface area contributed by atoms with Gasteiger partial charge in [0, 0.05) is 10.9 Å². The smallest absolute Gasteiger partial charge is 0.236 e. The molecule has 0 saturated carbocycles. The molecule has 0 radical (unpaired) electrons. The van der Waals surface area contributed by atoms with Crippen LogP contribution in [0.1, 0.15) is 74.6 Å². The van der Waals surface area contributed by atoms with Crippen molar-refractivity contribution in [3.8, 4) is 5.75 Å². The molecule has 0 spiro atoms. The SMILES string of the molecule is Cc1nc(NC(=O)CSc2nnc(C(C)Oc3ccc(C(C)C)cc3)n2C(C)C)sc1C. The van der Waals surface area contributed by atoms with Crippen molar-refractivity contribution in [3.05, 3.63) is 46.2 Å². The number of carbonyl (C=O) groups excluding carboxylic acids is 1. The van der Waals surface area contributed by atoms with Crippen LogP contribution in [0.4, 0.5) is 5.13 Å². The van der Waals surface area contributed by atoms with Crippen LogP contribution < -0.4 is 10.1 Å². The molecule has 0 aliphatic rings. The fraction of sp³-hybridized carbons (Fsp3) is 0.478. The van der Waals surface area contributed by atoms with E-state index >= 15 is 0 Å². The maximum absolute atomic E-state index is 12.4. The van der Waals surface area contributed by atoms with Crippen molar-refractivity contribution < 1.29 is 9.53 Å². The minimum Gasteiger partial charge on any atom is -0.483 e. The van der Waals surface area contributed by atoms with Gasteiger partial charge in [0.15, 0.2) is 22.2 Å². The lowest BCUT2D eigenvalue weighted by molar-refractivity contribution is -0.113. The Morgan fingerprint density at radius 1 is 1.12 bits per heavy atom. The molecule has 1 unspecified atom stereocenters. The van der Waals surface area contributed by atoms with Crippen molar-refractivity contribution in [1.29, 1.82) is 0 Å². The Morgan fingerprint density at radius 3 is 2.38 bits per heavy atom. The van der Waals surface area contributed by atoms with Crippen LogP contribution in [0, 0.1) is 13.8 Å². The average molecular weight is 474 g/mol. The molecule has 9 heteroatoms. The number of thiazole rings is 1. The molecule has 3 aromatic rings. The summed E-state index contributed by atoms with van der Waals surface area (Å²) in [5.74, 6) is 2.13. The van der Waals surface area contributed by atoms with Crippen LogP contribution in [0.15, 0.2) is 29.4 Å². The van der Waals surface area contributed by atoms with Gasteiger partial charge in [0.05, 0.1) is 11.4 Å². The third kappa shape index (κ3) is 5.89. The molecule has 2 aromatic heterocycles. The van der Waals surface area contributed by atoms with Crippen LogP contribution in [0.3, 0.4) is 0 Å². The predicted octanol–water partition coefficient (Wildman–Crippen LogP) is 5.93. The van der Waals surface area contributed by atoms with E-state index in [0.29, 0.717) is 16.2 Å². The van der Waals surface area contributed by atoms with Gasteiger partial charge in [-0.25, -0.2) is 4.98 Å². The topological polar surface area (TPSA) is 81.9 Å². The van der Waals surface area contributed by atoms with E-state index < -0.39 is 0 Å². The summed E-state index contributed by atoms with van der Waals surface area (Å²) >= 11 is 2.84. The van der Waals surface area contributed by atoms with E-state index in [0.717, 1.165) is 22.1 Å². The summed E-state index contributed by atoms with van der Waals surface area (Å²) in [6.07, 6.45) is -0.278. The second kappa shape index (κ2) is 10.5. The number of nitrogens with zero attached hydrogens (tertiary/aromatic N) is 4. The molecule has 1 N–H and O–H groups in total. The summed E-state index contributed by atoms with van der Waals surface area (Å²) in [7, 11) is 0. The van der Waals surface area contributed by atoms with Gasteiger partial charge in [-0.3, -0.25) is 4.79 Å². The molecule has 172 valence electrons. The number of thioether (sulfide) groups is 1. The van der Waals surface area contributed by atoms with Crippen molar-refractivity contribution in [2.45, 2.75) is 71.7 Å². The quantitative estimate of drug-likeness (QED) is 0.388. The molecule has 0 fully saturated rings. The first-order valence-electron chi connectivity index (χ1n) is 10.7. The number of hydrogen-bond donors (Lipinski definition) is 1. The molecule has 1 amide bonds. The summed E-state index contributed by atoms with van der Waals surface area (Å²) in [6, 6.07) is 8.29. The van der Waals surface area contributed by atoms with Crippen LogP contribution in [0.25, 0.3) is 0 Å². The number of hydrogen-bond acceptors (Lipinski definition) is 7. The number of nitrogens with one attached hydrogen (secondary N) is 1. The average Bonchev–Trinajstić information content (AvgIpc) is 3.29. The number of amides is 1. The number of aryl methyl sites for hydroxylation is 2. The first-order valence-corrected chi connectivity index (χ1v) is 12.5. The summed E-state index contributed by atoms with van der Waals surface area (Å²) in [4.78, 5) is 17.9. The van der Waals surface area contributed by atoms with Gasteiger partial charge in [0.2, 0.25) is 5.91 Å². The van der Waals surface area contributed by atoms with Crippen LogP contribution in [-0.2, 0) is 4.79 Å². The second-order valence-electron chi connectivity index (χ2n) is 8.29. The van der Waals surface area contributed by atoms with Gasteiger partial charge in [-0.05, 0) is 58.2 Å². The first-order chi connectivity index (χ1) is 15.2. The van der Waals surface area contributed by atoms with E-state index in [9.17, 15) is 4.79 Å². The fourth-order valence-corrected chi connectivity index (χ4v) is 4.85. The number of rotatable bonds is 9. The van der Waals surface area contributed by atoms with Gasteiger partial charge in [-0.2, -0.15) is 0 Å². The lowest BCUT2D eigenvalue weighted by Crippen LogP contribution is -2.16. The largest absolute Gasteiger partial charge is 0.483 e. The Bertz CT molecular complexity index is 1040. The lowest BCUT2D eigenvalue weighted by atomic mass is 10.0. The molecular weight excluding hydrogens is 442 g/mol. The number of anilines is 1. The third-order valence-corrected chi connectivity index (χ3v) is 6.97. The normalized spacial score (nSPS) is 12.4. The molecule has 2 heterocycles. The standard InChI is InChI=1S/C23H31N5O2S2/c1-13(2)18-8-10-19(11-9-18)30-16(6)21-26-27-23(28(21)14(3)4)31-12-20(29)25-22-24-15(5)17(7)32-22/h8-11,13-14,16H,12H2,1-7H3,(H,24,25,29). The van der Waals surface area contributed by atoms with Crippen molar-refractivity contribution in [1.82, 2.24) is 19.7 Å². The molecule has 1 atom stereocenters. The Labute approximate surface area is 198 Å². The zero-order chi connectivity index (χ0) is 23.4. The Morgan fingerprint density at radius 2 is 1.81 bits per heavy atom. The molecule has 32 heavy (non-hydrogen) atoms. The first kappa shape index (κ1) is 24.3. The van der Waals surface area contributed by atoms with E-state index in [-0.39, 0.29) is 23.8 Å². The highest BCUT2D eigenvalue weighted by molar-refractivity contribution is 7.99. The minimum absolute atomic E-state index is 0.113. The molecular formula is C23H31N5O2S2. The Kier molecular flexibility index (Phi) is 7.95. The molecule has 0 aliphatic heterocycles. The Hall–Kier alpha value is -2.39. The summed E-state index contributed by atoms with van der Waals surface area (Å²) < 4.78 is 8.17. The van der Waals surface area contributed by atoms with Crippen molar-refractivity contribution in [2.24, 2.45) is 0 Å². The summed E-state index contributed by atoms with van der Waals surface area (Å²) in [5, 5.41) is 12.9. The van der Waals surface area contributed by atoms with Gasteiger partial charge >= 0.3 is 0 Å². The Balaban J connectivity index is 1.66. The molecule has 1 aromatic carbocycles. The van der Waals surface area contributed by atoms with Gasteiger partial charge in [0.25, 0.3) is 0 Å². The fourth-order valence-electron chi connectivity index (χ4n) is 3.15. The van der Waals surface area contributed by atoms with Crippen molar-refractivity contribution in [3.63, 3.8) is 0 Å². The van der Waals surface area contributed by atoms with Crippen LogP contribution in [0.5, 0.6) is 5.75 Å². The van der Waals surface area contributed by atoms with E-state index in [1.54, 1.807) is 0 Å². The molecule has 0 bridgehead atoms. The van der Waals surface area contributed by atoms with E-state index in [1.807, 2.05) is 37.5 Å². The van der Waals surface area contributed by atoms with E-state index in [2.05, 4.69) is 60.3 Å². The van der Waals surface area contributed by atoms with E-state index in [4.69, 9.17) is 4.74 Å². The van der Waals surface area contributed by atoms with Crippen molar-refractivity contribution in [2.75, 3.05) is 11.1 Å². The molecule has 0 aliphatic carbocycles. The van der Waals surface area contributed by atoms with Crippen LogP contribution in [0.2, 0.25) is 0 Å². The number of ether oxygens (including phenoxy) is 1. The maximum atomic E-state index is 12.4. The highest BCUT2D eigenvalue weighted by Crippen LogP contribution is 2.29. The molecule has 7 nitrogen and oxygen atoms in total. The zero-order valence-corrected chi connectivity index (χ0v) is 21.3. The van der Waals surface area contributed by atoms with Gasteiger partial charge in [-0.15, -0.1) is 21.5 Å². The number of aromatic nitrogens is 4. The van der Waals surface area contributed by atoms with Gasteiger partial charge in [-0.1, -0.05) is 37.7 Å². The highest BCUT2D eigenvalue weighted by Gasteiger charge is 2.22. The van der Waals surface area contributed by atoms with Crippen LogP contribution in [-0.4, -0.2) is 31.4 Å². The lowest BCUT2D eigenvalue weighted by Gasteiger charge is -2.19. The number of benzene rings is 1. The summed E-state index contributed by atoms with van der Waals surface area (Å²) in [6.45, 7) is 14.4. The van der Waals surface area contributed by atoms with Crippen LogP contribution >= 0.6 is 23.1 Å². The maximum Gasteiger partial charge on any atom is 0.236 e. The third-order valence-electron chi connectivity index (χ3n) is 5.04. The number of carbonyl (C=O) groups is 1. The van der Waals surface area contributed by atoms with Crippen molar-refractivity contribution >= 4 is 34.1 Å². The summed E-state index contributed by atoms with van der Waals surface area (Å²) in [5.41, 5.74) is 2.21. The van der Waals surface area contributed by atoms with Gasteiger partial charge in [0.1, 0.15) is 5.75 Å².